The fraction of sp³-hybridized carbons (Fsp3) is 0. The fourth-order valence-corrected chi connectivity index (χ4v) is 0.581. The number of hydroxylamine groups is 1. The number of carbonyl (C=O) groups is 1. The highest BCUT2D eigenvalue weighted by Gasteiger charge is 1.96. The van der Waals surface area contributed by atoms with Crippen LogP contribution >= 0.6 is 12.2 Å². The molecule has 1 rings (SSSR count). The van der Waals surface area contributed by atoms with Gasteiger partial charge in [-0.2, -0.15) is 0 Å². The Balaban J connectivity index is 0.000000292. The quantitative estimate of drug-likeness (QED) is 0.404. The Morgan fingerprint density at radius 2 is 1.79 bits per heavy atom. The number of benzene rings is 1. The predicted octanol–water partition coefficient (Wildman–Crippen LogP) is 0.594. The highest BCUT2D eigenvalue weighted by atomic mass is 32.1. The lowest BCUT2D eigenvalue weighted by Gasteiger charge is -1.88. The maximum atomic E-state index is 10.2. The normalized spacial score (nSPS) is 8.07. The Morgan fingerprint density at radius 3 is 2.00 bits per heavy atom. The van der Waals surface area contributed by atoms with Gasteiger partial charge in [-0.15, -0.1) is 0 Å². The molecule has 14 heavy (non-hydrogen) atoms. The number of rotatable bonds is 1. The highest BCUT2D eigenvalue weighted by Crippen LogP contribution is 1.96. The number of hydrogen-bond acceptors (Lipinski definition) is 3. The molecule has 5 nitrogen and oxygen atoms in total. The molecular formula is C8H10N2O3S. The molecule has 0 amide bonds. The summed E-state index contributed by atoms with van der Waals surface area (Å²) < 4.78 is 0. The van der Waals surface area contributed by atoms with E-state index < -0.39 is 5.97 Å². The maximum absolute atomic E-state index is 10.2. The molecule has 0 spiro atoms. The lowest BCUT2D eigenvalue weighted by atomic mass is 10.2. The van der Waals surface area contributed by atoms with E-state index in [9.17, 15) is 4.79 Å². The first-order valence-corrected chi connectivity index (χ1v) is 3.96. The van der Waals surface area contributed by atoms with Crippen LogP contribution in [0.3, 0.4) is 0 Å². The van der Waals surface area contributed by atoms with E-state index in [2.05, 4.69) is 18.0 Å². The molecule has 76 valence electrons. The zero-order chi connectivity index (χ0) is 11.0. The summed E-state index contributed by atoms with van der Waals surface area (Å²) in [5.74, 6) is -0.879. The Labute approximate surface area is 86.1 Å². The summed E-state index contributed by atoms with van der Waals surface area (Å²) in [4.78, 5) is 10.2. The number of aromatic carboxylic acids is 1. The Morgan fingerprint density at radius 1 is 1.36 bits per heavy atom. The van der Waals surface area contributed by atoms with E-state index >= 15 is 0 Å². The molecular weight excluding hydrogens is 204 g/mol. The number of hydrogen-bond donors (Lipinski definition) is 4. The smallest absolute Gasteiger partial charge is 0.335 e. The molecule has 0 aliphatic heterocycles. The first-order valence-electron chi connectivity index (χ1n) is 3.55. The molecule has 0 aromatic heterocycles. The average molecular weight is 214 g/mol. The summed E-state index contributed by atoms with van der Waals surface area (Å²) in [6.45, 7) is 0. The second-order valence-electron chi connectivity index (χ2n) is 2.15. The van der Waals surface area contributed by atoms with Crippen LogP contribution < -0.4 is 11.2 Å². The molecule has 0 saturated heterocycles. The van der Waals surface area contributed by atoms with Crippen LogP contribution in [0.5, 0.6) is 0 Å². The summed E-state index contributed by atoms with van der Waals surface area (Å²) in [5.41, 5.74) is 6.53. The van der Waals surface area contributed by atoms with Crippen LogP contribution in [0.4, 0.5) is 0 Å². The largest absolute Gasteiger partial charge is 0.478 e. The van der Waals surface area contributed by atoms with Gasteiger partial charge in [0.05, 0.1) is 5.56 Å². The van der Waals surface area contributed by atoms with Crippen molar-refractivity contribution < 1.29 is 15.1 Å². The van der Waals surface area contributed by atoms with Gasteiger partial charge in [0, 0.05) is 0 Å². The minimum absolute atomic E-state index is 0.106. The summed E-state index contributed by atoms with van der Waals surface area (Å²) in [6.07, 6.45) is 0. The van der Waals surface area contributed by atoms with E-state index in [-0.39, 0.29) is 5.11 Å². The van der Waals surface area contributed by atoms with Crippen molar-refractivity contribution in [2.24, 2.45) is 5.73 Å². The Bertz CT molecular complexity index is 303. The fourth-order valence-electron chi connectivity index (χ4n) is 0.581. The second-order valence-corrected chi connectivity index (χ2v) is 2.59. The number of carboxylic acids is 1. The SMILES string of the molecule is NC(=S)NO.O=C(O)c1ccccc1. The lowest BCUT2D eigenvalue weighted by Crippen LogP contribution is -2.24. The summed E-state index contributed by atoms with van der Waals surface area (Å²) in [7, 11) is 0. The van der Waals surface area contributed by atoms with E-state index in [1.165, 1.54) is 5.48 Å². The topological polar surface area (TPSA) is 95.6 Å². The van der Waals surface area contributed by atoms with E-state index in [1.807, 2.05) is 0 Å². The zero-order valence-electron chi connectivity index (χ0n) is 7.18. The van der Waals surface area contributed by atoms with Crippen LogP contribution in [0.15, 0.2) is 30.3 Å². The Hall–Kier alpha value is -1.66. The summed E-state index contributed by atoms with van der Waals surface area (Å²) in [6, 6.07) is 8.30. The minimum Gasteiger partial charge on any atom is -0.478 e. The van der Waals surface area contributed by atoms with E-state index in [0.29, 0.717) is 5.56 Å². The molecule has 0 unspecified atom stereocenters. The van der Waals surface area contributed by atoms with E-state index in [4.69, 9.17) is 10.3 Å². The molecule has 0 bridgehead atoms. The van der Waals surface area contributed by atoms with Gasteiger partial charge in [-0.05, 0) is 24.4 Å². The number of nitrogens with one attached hydrogen (secondary N) is 1. The first kappa shape index (κ1) is 12.3. The van der Waals surface area contributed by atoms with Gasteiger partial charge in [0.1, 0.15) is 0 Å². The van der Waals surface area contributed by atoms with Crippen LogP contribution in [-0.2, 0) is 0 Å². The first-order chi connectivity index (χ1) is 6.57. The van der Waals surface area contributed by atoms with Gasteiger partial charge < -0.3 is 10.8 Å². The average Bonchev–Trinajstić information content (AvgIpc) is 2.20. The molecule has 6 heteroatoms. The van der Waals surface area contributed by atoms with Crippen molar-refractivity contribution in [2.45, 2.75) is 0 Å². The van der Waals surface area contributed by atoms with Crippen molar-refractivity contribution in [3.8, 4) is 0 Å². The molecule has 0 aliphatic rings. The van der Waals surface area contributed by atoms with Crippen molar-refractivity contribution in [1.29, 1.82) is 0 Å². The third kappa shape index (κ3) is 5.92. The molecule has 0 atom stereocenters. The van der Waals surface area contributed by atoms with Crippen LogP contribution in [-0.4, -0.2) is 21.4 Å². The van der Waals surface area contributed by atoms with Gasteiger partial charge in [-0.1, -0.05) is 18.2 Å². The van der Waals surface area contributed by atoms with Crippen LogP contribution in [0.2, 0.25) is 0 Å². The summed E-state index contributed by atoms with van der Waals surface area (Å²) in [5, 5.41) is 15.9. The molecule has 0 fully saturated rings. The molecule has 1 aromatic rings. The standard InChI is InChI=1S/C7H6O2.CH4N2OS/c8-7(9)6-4-2-1-3-5-6;2-1(5)3-4/h1-5H,(H,8,9);4H,(H3,2,3,5). The number of nitrogens with two attached hydrogens (primary N) is 1. The number of carboxylic acid groups (broad SMARTS) is 1. The third-order valence-corrected chi connectivity index (χ3v) is 1.22. The maximum Gasteiger partial charge on any atom is 0.335 e. The molecule has 0 aliphatic carbocycles. The van der Waals surface area contributed by atoms with Gasteiger partial charge in [0.15, 0.2) is 5.11 Å². The van der Waals surface area contributed by atoms with Crippen molar-refractivity contribution >= 4 is 23.3 Å². The lowest BCUT2D eigenvalue weighted by molar-refractivity contribution is 0.0697. The Kier molecular flexibility index (Phi) is 6.01. The van der Waals surface area contributed by atoms with Crippen LogP contribution in [0, 0.1) is 0 Å². The predicted molar refractivity (Wildman–Crippen MR) is 55.1 cm³/mol. The summed E-state index contributed by atoms with van der Waals surface area (Å²) >= 11 is 4.11. The van der Waals surface area contributed by atoms with Gasteiger partial charge in [0.25, 0.3) is 0 Å². The molecule has 5 N–H and O–H groups in total. The molecule has 1 aromatic carbocycles. The third-order valence-electron chi connectivity index (χ3n) is 1.13. The van der Waals surface area contributed by atoms with Gasteiger partial charge in [-0.3, -0.25) is 5.21 Å². The van der Waals surface area contributed by atoms with Gasteiger partial charge in [0.2, 0.25) is 0 Å². The van der Waals surface area contributed by atoms with Gasteiger partial charge >= 0.3 is 5.97 Å². The van der Waals surface area contributed by atoms with Crippen molar-refractivity contribution in [3.63, 3.8) is 0 Å². The monoisotopic (exact) mass is 214 g/mol. The van der Waals surface area contributed by atoms with E-state index in [1.54, 1.807) is 30.3 Å². The molecule has 0 saturated carbocycles. The molecule has 0 radical (unpaired) electrons. The highest BCUT2D eigenvalue weighted by molar-refractivity contribution is 7.80. The zero-order valence-corrected chi connectivity index (χ0v) is 7.99. The van der Waals surface area contributed by atoms with Crippen LogP contribution in [0.25, 0.3) is 0 Å². The number of thiocarbonyl (C=S) groups is 1. The van der Waals surface area contributed by atoms with Crippen molar-refractivity contribution in [1.82, 2.24) is 5.48 Å². The van der Waals surface area contributed by atoms with Crippen molar-refractivity contribution in [3.05, 3.63) is 35.9 Å². The van der Waals surface area contributed by atoms with Crippen molar-refractivity contribution in [2.75, 3.05) is 0 Å². The van der Waals surface area contributed by atoms with Crippen LogP contribution in [0.1, 0.15) is 10.4 Å². The second kappa shape index (κ2) is 6.81. The molecule has 0 heterocycles. The van der Waals surface area contributed by atoms with E-state index in [0.717, 1.165) is 0 Å². The minimum atomic E-state index is -0.879. The van der Waals surface area contributed by atoms with Gasteiger partial charge in [-0.25, -0.2) is 10.3 Å².